The molecule has 0 bridgehead atoms. The Labute approximate surface area is 143 Å². The van der Waals surface area contributed by atoms with Crippen molar-refractivity contribution in [3.05, 3.63) is 70.9 Å². The zero-order valence-corrected chi connectivity index (χ0v) is 15.0. The molecule has 0 saturated heterocycles. The number of hydrogen-bond acceptors (Lipinski definition) is 3. The Hall–Kier alpha value is -1.68. The van der Waals surface area contributed by atoms with Crippen LogP contribution in [-0.4, -0.2) is 25.8 Å². The lowest BCUT2D eigenvalue weighted by Gasteiger charge is -2.07. The van der Waals surface area contributed by atoms with Crippen molar-refractivity contribution in [2.45, 2.75) is 19.3 Å². The first-order chi connectivity index (χ1) is 11.3. The molecule has 0 saturated carbocycles. The molecule has 3 rings (SSSR count). The number of benzene rings is 2. The lowest BCUT2D eigenvalue weighted by atomic mass is 10.1. The molecule has 0 fully saturated rings. The zero-order chi connectivity index (χ0) is 16.9. The molecular weight excluding hydrogens is 302 g/mol. The van der Waals surface area contributed by atoms with Gasteiger partial charge in [-0.25, -0.2) is 0 Å². The summed E-state index contributed by atoms with van der Waals surface area (Å²) in [5, 5.41) is 14.9. The molecule has 0 unspecified atom stereocenters. The van der Waals surface area contributed by atoms with Crippen LogP contribution in [0.15, 0.2) is 66.0 Å². The van der Waals surface area contributed by atoms with Crippen LogP contribution in [0.25, 0.3) is 10.8 Å². The van der Waals surface area contributed by atoms with Gasteiger partial charge in [-0.15, -0.1) is 11.3 Å². The van der Waals surface area contributed by atoms with E-state index in [4.69, 9.17) is 5.11 Å². The number of rotatable bonds is 4. The molecule has 1 heterocycles. The summed E-state index contributed by atoms with van der Waals surface area (Å²) in [7, 11) is 3.00. The Morgan fingerprint density at radius 2 is 1.43 bits per heavy atom. The van der Waals surface area contributed by atoms with E-state index in [9.17, 15) is 0 Å². The third-order valence-corrected chi connectivity index (χ3v) is 4.62. The fourth-order valence-corrected chi connectivity index (χ4v) is 3.03. The molecule has 0 aliphatic heterocycles. The van der Waals surface area contributed by atoms with Gasteiger partial charge in [-0.2, -0.15) is 0 Å². The lowest BCUT2D eigenvalue weighted by Crippen LogP contribution is -2.10. The highest BCUT2D eigenvalue weighted by Crippen LogP contribution is 2.22. The normalized spacial score (nSPS) is 11.0. The number of hydrogen-bond donors (Lipinski definition) is 2. The molecule has 0 spiro atoms. The van der Waals surface area contributed by atoms with Crippen LogP contribution in [0.3, 0.4) is 0 Å². The van der Waals surface area contributed by atoms with Crippen LogP contribution < -0.4 is 5.32 Å². The van der Waals surface area contributed by atoms with Crippen LogP contribution >= 0.6 is 11.3 Å². The van der Waals surface area contributed by atoms with Gasteiger partial charge >= 0.3 is 0 Å². The second-order valence-electron chi connectivity index (χ2n) is 5.16. The molecule has 2 nitrogen and oxygen atoms in total. The van der Waals surface area contributed by atoms with Gasteiger partial charge in [0.1, 0.15) is 0 Å². The fourth-order valence-electron chi connectivity index (χ4n) is 2.21. The molecule has 0 amide bonds. The van der Waals surface area contributed by atoms with Crippen molar-refractivity contribution < 1.29 is 5.11 Å². The summed E-state index contributed by atoms with van der Waals surface area (Å²) in [5.41, 5.74) is 0. The average Bonchev–Trinajstić information content (AvgIpc) is 3.17. The van der Waals surface area contributed by atoms with Gasteiger partial charge < -0.3 is 10.4 Å². The minimum atomic E-state index is 0.711. The van der Waals surface area contributed by atoms with E-state index in [0.29, 0.717) is 5.92 Å². The summed E-state index contributed by atoms with van der Waals surface area (Å²) in [6.45, 7) is 3.39. The van der Waals surface area contributed by atoms with Crippen LogP contribution in [0.5, 0.6) is 0 Å². The van der Waals surface area contributed by atoms with E-state index < -0.39 is 0 Å². The van der Waals surface area contributed by atoms with Crippen molar-refractivity contribution in [3.63, 3.8) is 0 Å². The van der Waals surface area contributed by atoms with Crippen molar-refractivity contribution in [1.29, 1.82) is 0 Å². The molecule has 3 aromatic rings. The fraction of sp³-hybridized carbons (Fsp3) is 0.300. The molecule has 1 aromatic heterocycles. The quantitative estimate of drug-likeness (QED) is 0.713. The van der Waals surface area contributed by atoms with E-state index in [0.717, 1.165) is 13.7 Å². The summed E-state index contributed by atoms with van der Waals surface area (Å²) >= 11 is 1.85. The molecule has 0 aliphatic rings. The lowest BCUT2D eigenvalue weighted by molar-refractivity contribution is 0.399. The van der Waals surface area contributed by atoms with E-state index in [1.807, 2.05) is 18.4 Å². The highest BCUT2D eigenvalue weighted by molar-refractivity contribution is 7.10. The van der Waals surface area contributed by atoms with Gasteiger partial charge in [0, 0.05) is 12.0 Å². The van der Waals surface area contributed by atoms with Gasteiger partial charge in [-0.05, 0) is 48.2 Å². The number of aliphatic hydroxyl groups excluding tert-OH is 1. The van der Waals surface area contributed by atoms with Crippen molar-refractivity contribution in [2.75, 3.05) is 20.7 Å². The molecular formula is C20H27NOS. The third-order valence-electron chi connectivity index (χ3n) is 3.51. The smallest absolute Gasteiger partial charge is 0.0319 e. The van der Waals surface area contributed by atoms with Crippen molar-refractivity contribution in [1.82, 2.24) is 5.32 Å². The maximum absolute atomic E-state index is 7.00. The topological polar surface area (TPSA) is 32.3 Å². The van der Waals surface area contributed by atoms with E-state index in [1.165, 1.54) is 22.1 Å². The standard InChI is InChI=1S/C10H8.C9H15NS.CH4O/c1-2-6-10-8-4-3-7-9(10)5-1;1-8(5-6-10-2)9-4-3-7-11-9;1-2/h1-8H;3-4,7-8,10H,5-6H2,1-2H3;2H,1H3/t;8-;/m.0./s1. The van der Waals surface area contributed by atoms with Crippen LogP contribution in [-0.2, 0) is 0 Å². The Morgan fingerprint density at radius 1 is 0.913 bits per heavy atom. The molecule has 23 heavy (non-hydrogen) atoms. The van der Waals surface area contributed by atoms with Crippen molar-refractivity contribution in [3.8, 4) is 0 Å². The monoisotopic (exact) mass is 329 g/mol. The Bertz CT molecular complexity index is 571. The predicted octanol–water partition coefficient (Wildman–Crippen LogP) is 4.91. The Balaban J connectivity index is 0.000000208. The molecule has 0 radical (unpaired) electrons. The SMILES string of the molecule is CNCC[C@H](C)c1cccs1.CO.c1ccc2ccccc2c1. The summed E-state index contributed by atoms with van der Waals surface area (Å²) < 4.78 is 0. The van der Waals surface area contributed by atoms with Crippen molar-refractivity contribution in [2.24, 2.45) is 0 Å². The maximum Gasteiger partial charge on any atom is 0.0319 e. The second kappa shape index (κ2) is 11.8. The highest BCUT2D eigenvalue weighted by atomic mass is 32.1. The van der Waals surface area contributed by atoms with Gasteiger partial charge in [-0.1, -0.05) is 61.5 Å². The van der Waals surface area contributed by atoms with Crippen molar-refractivity contribution >= 4 is 22.1 Å². The van der Waals surface area contributed by atoms with E-state index >= 15 is 0 Å². The number of aliphatic hydroxyl groups is 1. The Kier molecular flexibility index (Phi) is 9.96. The molecule has 124 valence electrons. The van der Waals surface area contributed by atoms with Gasteiger partial charge in [0.25, 0.3) is 0 Å². The van der Waals surface area contributed by atoms with Gasteiger partial charge in [-0.3, -0.25) is 0 Å². The largest absolute Gasteiger partial charge is 0.400 e. The van der Waals surface area contributed by atoms with E-state index in [-0.39, 0.29) is 0 Å². The summed E-state index contributed by atoms with van der Waals surface area (Å²) in [4.78, 5) is 1.50. The van der Waals surface area contributed by atoms with Crippen LogP contribution in [0.4, 0.5) is 0 Å². The van der Waals surface area contributed by atoms with Crippen LogP contribution in [0.2, 0.25) is 0 Å². The maximum atomic E-state index is 7.00. The molecule has 2 aromatic carbocycles. The molecule has 0 aliphatic carbocycles. The van der Waals surface area contributed by atoms with Gasteiger partial charge in [0.2, 0.25) is 0 Å². The predicted molar refractivity (Wildman–Crippen MR) is 103 cm³/mol. The van der Waals surface area contributed by atoms with Gasteiger partial charge in [0.15, 0.2) is 0 Å². The van der Waals surface area contributed by atoms with E-state index in [1.54, 1.807) is 0 Å². The second-order valence-corrected chi connectivity index (χ2v) is 6.14. The first kappa shape index (κ1) is 19.4. The minimum Gasteiger partial charge on any atom is -0.400 e. The minimum absolute atomic E-state index is 0.711. The number of nitrogens with one attached hydrogen (secondary N) is 1. The summed E-state index contributed by atoms with van der Waals surface area (Å²) in [5.74, 6) is 0.711. The van der Waals surface area contributed by atoms with Gasteiger partial charge in [0.05, 0.1) is 0 Å². The van der Waals surface area contributed by atoms with Crippen LogP contribution in [0, 0.1) is 0 Å². The Morgan fingerprint density at radius 3 is 1.83 bits per heavy atom. The first-order valence-electron chi connectivity index (χ1n) is 7.87. The number of thiophene rings is 1. The average molecular weight is 330 g/mol. The molecule has 3 heteroatoms. The summed E-state index contributed by atoms with van der Waals surface area (Å²) in [6, 6.07) is 21.0. The zero-order valence-electron chi connectivity index (χ0n) is 14.2. The molecule has 2 N–H and O–H groups in total. The summed E-state index contributed by atoms with van der Waals surface area (Å²) in [6.07, 6.45) is 1.23. The van der Waals surface area contributed by atoms with Crippen LogP contribution in [0.1, 0.15) is 24.1 Å². The van der Waals surface area contributed by atoms with E-state index in [2.05, 4.69) is 78.3 Å². The third kappa shape index (κ3) is 6.95. The highest BCUT2D eigenvalue weighted by Gasteiger charge is 2.04. The first-order valence-corrected chi connectivity index (χ1v) is 8.75. The molecule has 1 atom stereocenters. The number of fused-ring (bicyclic) bond motifs is 1.